The molecule has 2 rings (SSSR count). The number of hydrogen-bond acceptors (Lipinski definition) is 5. The van der Waals surface area contributed by atoms with E-state index in [9.17, 15) is 0 Å². The molecular weight excluding hydrogens is 317 g/mol. The van der Waals surface area contributed by atoms with Gasteiger partial charge in [-0.15, -0.1) is 24.8 Å². The first-order valence-electron chi connectivity index (χ1n) is 5.74. The second kappa shape index (κ2) is 9.05. The van der Waals surface area contributed by atoms with Crippen molar-refractivity contribution >= 4 is 47.5 Å². The molecule has 0 fully saturated rings. The van der Waals surface area contributed by atoms with Crippen LogP contribution in [0.3, 0.4) is 0 Å². The van der Waals surface area contributed by atoms with Gasteiger partial charge in [0, 0.05) is 30.0 Å². The van der Waals surface area contributed by atoms with Crippen molar-refractivity contribution in [1.29, 1.82) is 0 Å². The highest BCUT2D eigenvalue weighted by Gasteiger charge is 2.09. The predicted molar refractivity (Wildman–Crippen MR) is 91.9 cm³/mol. The van der Waals surface area contributed by atoms with Crippen LogP contribution in [0.15, 0.2) is 29.0 Å². The van der Waals surface area contributed by atoms with Crippen LogP contribution < -0.4 is 16.8 Å². The Morgan fingerprint density at radius 3 is 2.55 bits per heavy atom. The first-order chi connectivity index (χ1) is 8.72. The van der Waals surface area contributed by atoms with Crippen molar-refractivity contribution in [3.05, 3.63) is 34.5 Å². The number of aliphatic hydroxyl groups is 1. The van der Waals surface area contributed by atoms with E-state index in [-0.39, 0.29) is 31.4 Å². The van der Waals surface area contributed by atoms with E-state index in [1.54, 1.807) is 17.4 Å². The molecule has 112 valence electrons. The molecule has 20 heavy (non-hydrogen) atoms. The SMILES string of the molecule is Cl.Cl.Nc1ccc(N)c(-c2cscc2CNCCO)c1. The predicted octanol–water partition coefficient (Wildman–Crippen LogP) is 2.51. The summed E-state index contributed by atoms with van der Waals surface area (Å²) < 4.78 is 0. The topological polar surface area (TPSA) is 84.3 Å². The van der Waals surface area contributed by atoms with Crippen LogP contribution in [0, 0.1) is 0 Å². The van der Waals surface area contributed by atoms with Gasteiger partial charge in [-0.3, -0.25) is 0 Å². The normalized spacial score (nSPS) is 9.65. The maximum atomic E-state index is 8.77. The van der Waals surface area contributed by atoms with E-state index < -0.39 is 0 Å². The van der Waals surface area contributed by atoms with Crippen molar-refractivity contribution in [2.24, 2.45) is 0 Å². The standard InChI is InChI=1S/C13H17N3OS.2ClH/c14-10-1-2-13(15)11(5-10)12-8-18-7-9(12)6-16-3-4-17;;/h1-2,5,7-8,16-17H,3-4,6,14-15H2;2*1H. The van der Waals surface area contributed by atoms with Crippen LogP contribution in [-0.4, -0.2) is 18.3 Å². The molecule has 0 unspecified atom stereocenters. The minimum Gasteiger partial charge on any atom is -0.399 e. The van der Waals surface area contributed by atoms with E-state index in [2.05, 4.69) is 16.1 Å². The zero-order valence-corrected chi connectivity index (χ0v) is 13.3. The molecule has 0 atom stereocenters. The quantitative estimate of drug-likeness (QED) is 0.499. The van der Waals surface area contributed by atoms with Crippen LogP contribution in [0.5, 0.6) is 0 Å². The number of thiophene rings is 1. The van der Waals surface area contributed by atoms with Gasteiger partial charge in [0.1, 0.15) is 0 Å². The van der Waals surface area contributed by atoms with E-state index in [4.69, 9.17) is 16.6 Å². The van der Waals surface area contributed by atoms with E-state index in [1.807, 2.05) is 12.1 Å². The van der Waals surface area contributed by atoms with Crippen molar-refractivity contribution in [2.75, 3.05) is 24.6 Å². The van der Waals surface area contributed by atoms with Crippen LogP contribution in [0.1, 0.15) is 5.56 Å². The smallest absolute Gasteiger partial charge is 0.0556 e. The summed E-state index contributed by atoms with van der Waals surface area (Å²) in [6, 6.07) is 5.52. The minimum absolute atomic E-state index is 0. The fraction of sp³-hybridized carbons (Fsp3) is 0.231. The lowest BCUT2D eigenvalue weighted by Crippen LogP contribution is -2.17. The third kappa shape index (κ3) is 4.54. The Bertz CT molecular complexity index is 534. The summed E-state index contributed by atoms with van der Waals surface area (Å²) in [6.07, 6.45) is 0. The second-order valence-electron chi connectivity index (χ2n) is 4.06. The summed E-state index contributed by atoms with van der Waals surface area (Å²) in [5, 5.41) is 16.1. The summed E-state index contributed by atoms with van der Waals surface area (Å²) in [6.45, 7) is 1.44. The number of anilines is 2. The zero-order chi connectivity index (χ0) is 13.0. The van der Waals surface area contributed by atoms with Crippen molar-refractivity contribution in [3.63, 3.8) is 0 Å². The van der Waals surface area contributed by atoms with Crippen LogP contribution in [0.4, 0.5) is 11.4 Å². The molecule has 0 amide bonds. The lowest BCUT2D eigenvalue weighted by Gasteiger charge is -2.09. The molecule has 0 aliphatic rings. The zero-order valence-electron chi connectivity index (χ0n) is 10.8. The number of rotatable bonds is 5. The number of hydrogen-bond donors (Lipinski definition) is 4. The first kappa shape index (κ1) is 19.0. The van der Waals surface area contributed by atoms with Gasteiger partial charge in [-0.25, -0.2) is 0 Å². The Balaban J connectivity index is 0.00000180. The molecule has 0 radical (unpaired) electrons. The van der Waals surface area contributed by atoms with Gasteiger partial charge in [0.2, 0.25) is 0 Å². The molecule has 6 N–H and O–H groups in total. The molecule has 0 bridgehead atoms. The number of nitrogens with one attached hydrogen (secondary N) is 1. The lowest BCUT2D eigenvalue weighted by atomic mass is 10.0. The molecule has 0 saturated heterocycles. The third-order valence-electron chi connectivity index (χ3n) is 2.71. The van der Waals surface area contributed by atoms with Crippen molar-refractivity contribution in [1.82, 2.24) is 5.32 Å². The Morgan fingerprint density at radius 1 is 1.10 bits per heavy atom. The Morgan fingerprint density at radius 2 is 1.85 bits per heavy atom. The van der Waals surface area contributed by atoms with Gasteiger partial charge in [-0.2, -0.15) is 11.3 Å². The molecule has 0 saturated carbocycles. The molecule has 0 aliphatic carbocycles. The Hall–Kier alpha value is -0.980. The average molecular weight is 336 g/mol. The maximum Gasteiger partial charge on any atom is 0.0556 e. The van der Waals surface area contributed by atoms with Gasteiger partial charge < -0.3 is 21.9 Å². The fourth-order valence-corrected chi connectivity index (χ4v) is 2.66. The van der Waals surface area contributed by atoms with Crippen molar-refractivity contribution in [2.45, 2.75) is 6.54 Å². The van der Waals surface area contributed by atoms with Crippen LogP contribution in [0.25, 0.3) is 11.1 Å². The van der Waals surface area contributed by atoms with Crippen molar-refractivity contribution in [3.8, 4) is 11.1 Å². The third-order valence-corrected chi connectivity index (χ3v) is 3.51. The Labute approximate surface area is 135 Å². The van der Waals surface area contributed by atoms with Crippen LogP contribution in [-0.2, 0) is 6.54 Å². The highest BCUT2D eigenvalue weighted by molar-refractivity contribution is 7.08. The number of aliphatic hydroxyl groups excluding tert-OH is 1. The number of nitrogen functional groups attached to an aromatic ring is 2. The van der Waals surface area contributed by atoms with Crippen LogP contribution in [0.2, 0.25) is 0 Å². The van der Waals surface area contributed by atoms with Gasteiger partial charge in [0.25, 0.3) is 0 Å². The van der Waals surface area contributed by atoms with Gasteiger partial charge in [-0.05, 0) is 40.1 Å². The molecule has 7 heteroatoms. The number of nitrogens with two attached hydrogens (primary N) is 2. The molecule has 0 spiro atoms. The summed E-state index contributed by atoms with van der Waals surface area (Å²) in [5.74, 6) is 0. The largest absolute Gasteiger partial charge is 0.399 e. The number of halogens is 2. The summed E-state index contributed by atoms with van der Waals surface area (Å²) in [7, 11) is 0. The Kier molecular flexibility index (Phi) is 8.60. The summed E-state index contributed by atoms with van der Waals surface area (Å²) >= 11 is 1.63. The highest BCUT2D eigenvalue weighted by Crippen LogP contribution is 2.33. The van der Waals surface area contributed by atoms with Gasteiger partial charge in [-0.1, -0.05) is 0 Å². The van der Waals surface area contributed by atoms with Crippen molar-refractivity contribution < 1.29 is 5.11 Å². The summed E-state index contributed by atoms with van der Waals surface area (Å²) in [4.78, 5) is 0. The fourth-order valence-electron chi connectivity index (χ4n) is 1.81. The molecule has 1 heterocycles. The van der Waals surface area contributed by atoms with E-state index >= 15 is 0 Å². The molecule has 1 aromatic heterocycles. The molecule has 2 aromatic rings. The van der Waals surface area contributed by atoms with Crippen LogP contribution >= 0.6 is 36.2 Å². The molecule has 0 aliphatic heterocycles. The van der Waals surface area contributed by atoms with Gasteiger partial charge >= 0.3 is 0 Å². The van der Waals surface area contributed by atoms with E-state index in [0.29, 0.717) is 18.8 Å². The number of benzene rings is 1. The highest BCUT2D eigenvalue weighted by atomic mass is 35.5. The first-order valence-corrected chi connectivity index (χ1v) is 6.68. The molecular formula is C13H19Cl2N3OS. The summed E-state index contributed by atoms with van der Waals surface area (Å²) in [5.41, 5.74) is 16.5. The van der Waals surface area contributed by atoms with E-state index in [1.165, 1.54) is 5.56 Å². The molecule has 4 nitrogen and oxygen atoms in total. The molecule has 1 aromatic carbocycles. The maximum absolute atomic E-state index is 8.77. The van der Waals surface area contributed by atoms with Gasteiger partial charge in [0.05, 0.1) is 6.61 Å². The monoisotopic (exact) mass is 335 g/mol. The minimum atomic E-state index is 0. The van der Waals surface area contributed by atoms with E-state index in [0.717, 1.165) is 16.8 Å². The van der Waals surface area contributed by atoms with Gasteiger partial charge in [0.15, 0.2) is 0 Å². The second-order valence-corrected chi connectivity index (χ2v) is 4.80. The average Bonchev–Trinajstić information content (AvgIpc) is 2.81. The lowest BCUT2D eigenvalue weighted by molar-refractivity contribution is 0.292.